The minimum atomic E-state index is -0.386. The number of carbonyl (C=O) groups excluding carboxylic acids is 1. The van der Waals surface area contributed by atoms with Gasteiger partial charge in [-0.2, -0.15) is 0 Å². The van der Waals surface area contributed by atoms with E-state index < -0.39 is 0 Å². The van der Waals surface area contributed by atoms with Gasteiger partial charge in [0.25, 0.3) is 0 Å². The van der Waals surface area contributed by atoms with E-state index in [2.05, 4.69) is 4.98 Å². The van der Waals surface area contributed by atoms with Crippen LogP contribution in [-0.4, -0.2) is 22.3 Å². The molecule has 0 fully saturated rings. The molecule has 1 aromatic rings. The fourth-order valence-electron chi connectivity index (χ4n) is 0.597. The zero-order valence-corrected chi connectivity index (χ0v) is 8.11. The van der Waals surface area contributed by atoms with Crippen molar-refractivity contribution in [3.05, 3.63) is 16.2 Å². The highest BCUT2D eigenvalue weighted by Gasteiger charge is 2.04. The van der Waals surface area contributed by atoms with Gasteiger partial charge in [-0.1, -0.05) is 0 Å². The van der Waals surface area contributed by atoms with Gasteiger partial charge in [-0.25, -0.2) is 14.3 Å². The van der Waals surface area contributed by atoms with Crippen LogP contribution in [0.4, 0.5) is 4.79 Å². The average molecular weight is 266 g/mol. The topological polar surface area (TPSA) is 44.1 Å². The van der Waals surface area contributed by atoms with Crippen LogP contribution < -0.4 is 0 Å². The van der Waals surface area contributed by atoms with Crippen LogP contribution in [0.15, 0.2) is 12.5 Å². The summed E-state index contributed by atoms with van der Waals surface area (Å²) in [6.45, 7) is 2.15. The number of nitrogens with zero attached hydrogens (tertiary/aromatic N) is 2. The van der Waals surface area contributed by atoms with E-state index in [0.29, 0.717) is 6.61 Å². The van der Waals surface area contributed by atoms with Gasteiger partial charge in [0.1, 0.15) is 10.0 Å². The van der Waals surface area contributed by atoms with E-state index in [1.165, 1.54) is 10.9 Å². The second kappa shape index (κ2) is 3.70. The van der Waals surface area contributed by atoms with E-state index in [1.54, 1.807) is 13.1 Å². The lowest BCUT2D eigenvalue weighted by atomic mass is 10.8. The number of ether oxygens (including phenoxy) is 1. The van der Waals surface area contributed by atoms with E-state index in [-0.39, 0.29) is 6.09 Å². The third-order valence-electron chi connectivity index (χ3n) is 1.03. The van der Waals surface area contributed by atoms with Crippen LogP contribution in [0.25, 0.3) is 0 Å². The van der Waals surface area contributed by atoms with Crippen LogP contribution in [0.5, 0.6) is 0 Å². The molecular formula is C6H7IN2O2. The van der Waals surface area contributed by atoms with Crippen molar-refractivity contribution in [1.82, 2.24) is 9.55 Å². The maximum Gasteiger partial charge on any atom is 0.419 e. The molecule has 60 valence electrons. The standard InChI is InChI=1S/C6H7IN2O2/c1-2-11-6(10)9-3-5(7)8-4-9/h3-4H,2H2,1H3. The summed E-state index contributed by atoms with van der Waals surface area (Å²) in [7, 11) is 0. The zero-order chi connectivity index (χ0) is 8.27. The van der Waals surface area contributed by atoms with Crippen molar-refractivity contribution in [2.24, 2.45) is 0 Å². The third kappa shape index (κ3) is 2.18. The largest absolute Gasteiger partial charge is 0.449 e. The molecule has 0 bridgehead atoms. The lowest BCUT2D eigenvalue weighted by Gasteiger charge is -1.98. The van der Waals surface area contributed by atoms with Crippen molar-refractivity contribution < 1.29 is 9.53 Å². The third-order valence-corrected chi connectivity index (χ3v) is 1.59. The maximum absolute atomic E-state index is 11.0. The van der Waals surface area contributed by atoms with Crippen LogP contribution in [0.1, 0.15) is 6.92 Å². The zero-order valence-electron chi connectivity index (χ0n) is 5.95. The molecule has 0 saturated heterocycles. The van der Waals surface area contributed by atoms with Crippen molar-refractivity contribution in [2.45, 2.75) is 6.92 Å². The van der Waals surface area contributed by atoms with Crippen LogP contribution >= 0.6 is 22.6 Å². The molecule has 5 heteroatoms. The molecule has 0 unspecified atom stereocenters. The summed E-state index contributed by atoms with van der Waals surface area (Å²) in [6, 6.07) is 0. The summed E-state index contributed by atoms with van der Waals surface area (Å²) in [4.78, 5) is 14.8. The molecule has 1 heterocycles. The second-order valence-corrected chi connectivity index (χ2v) is 2.91. The van der Waals surface area contributed by atoms with Gasteiger partial charge < -0.3 is 4.74 Å². The van der Waals surface area contributed by atoms with E-state index in [1.807, 2.05) is 22.6 Å². The first kappa shape index (κ1) is 8.51. The fraction of sp³-hybridized carbons (Fsp3) is 0.333. The summed E-state index contributed by atoms with van der Waals surface area (Å²) >= 11 is 2.02. The van der Waals surface area contributed by atoms with Gasteiger partial charge in [-0.05, 0) is 29.5 Å². The summed E-state index contributed by atoms with van der Waals surface area (Å²) in [5.74, 6) is 0. The number of halogens is 1. The number of hydrogen-bond donors (Lipinski definition) is 0. The minimum Gasteiger partial charge on any atom is -0.449 e. The predicted octanol–water partition coefficient (Wildman–Crippen LogP) is 1.49. The molecule has 0 aliphatic carbocycles. The Kier molecular flexibility index (Phi) is 2.86. The molecule has 0 aliphatic rings. The molecule has 11 heavy (non-hydrogen) atoms. The molecule has 0 saturated carbocycles. The smallest absolute Gasteiger partial charge is 0.419 e. The molecule has 0 aliphatic heterocycles. The molecule has 4 nitrogen and oxygen atoms in total. The van der Waals surface area contributed by atoms with E-state index >= 15 is 0 Å². The van der Waals surface area contributed by atoms with Gasteiger partial charge >= 0.3 is 6.09 Å². The van der Waals surface area contributed by atoms with Gasteiger partial charge in [0.2, 0.25) is 0 Å². The SMILES string of the molecule is CCOC(=O)n1cnc(I)c1. The van der Waals surface area contributed by atoms with Gasteiger partial charge in [0, 0.05) is 6.20 Å². The number of carbonyl (C=O) groups is 1. The van der Waals surface area contributed by atoms with Crippen LogP contribution in [0.3, 0.4) is 0 Å². The van der Waals surface area contributed by atoms with Crippen LogP contribution in [-0.2, 0) is 4.74 Å². The highest BCUT2D eigenvalue weighted by molar-refractivity contribution is 14.1. The van der Waals surface area contributed by atoms with Gasteiger partial charge in [-0.3, -0.25) is 0 Å². The van der Waals surface area contributed by atoms with Gasteiger partial charge in [-0.15, -0.1) is 0 Å². The predicted molar refractivity (Wildman–Crippen MR) is 47.4 cm³/mol. The maximum atomic E-state index is 11.0. The Labute approximate surface area is 77.7 Å². The Morgan fingerprint density at radius 2 is 2.64 bits per heavy atom. The van der Waals surface area contributed by atoms with Crippen molar-refractivity contribution in [1.29, 1.82) is 0 Å². The van der Waals surface area contributed by atoms with Crippen molar-refractivity contribution in [3.8, 4) is 0 Å². The van der Waals surface area contributed by atoms with Gasteiger partial charge in [0.05, 0.1) is 6.61 Å². The molecular weight excluding hydrogens is 259 g/mol. The normalized spacial score (nSPS) is 9.64. The Morgan fingerprint density at radius 1 is 1.91 bits per heavy atom. The molecule has 0 spiro atoms. The van der Waals surface area contributed by atoms with Gasteiger partial charge in [0.15, 0.2) is 0 Å². The minimum absolute atomic E-state index is 0.383. The van der Waals surface area contributed by atoms with Crippen LogP contribution in [0, 0.1) is 3.70 Å². The van der Waals surface area contributed by atoms with Crippen molar-refractivity contribution in [2.75, 3.05) is 6.61 Å². The summed E-state index contributed by atoms with van der Waals surface area (Å²) < 4.78 is 6.81. The summed E-state index contributed by atoms with van der Waals surface area (Å²) in [5, 5.41) is 0. The number of aromatic nitrogens is 2. The highest BCUT2D eigenvalue weighted by Crippen LogP contribution is 1.99. The van der Waals surface area contributed by atoms with Crippen LogP contribution in [0.2, 0.25) is 0 Å². The Bertz CT molecular complexity index is 259. The number of rotatable bonds is 1. The molecule has 0 atom stereocenters. The molecule has 0 radical (unpaired) electrons. The molecule has 0 N–H and O–H groups in total. The van der Waals surface area contributed by atoms with E-state index in [9.17, 15) is 4.79 Å². The lowest BCUT2D eigenvalue weighted by Crippen LogP contribution is -2.10. The first-order valence-electron chi connectivity index (χ1n) is 3.10. The quantitative estimate of drug-likeness (QED) is 0.723. The second-order valence-electron chi connectivity index (χ2n) is 1.80. The fourth-order valence-corrected chi connectivity index (χ4v) is 1.02. The van der Waals surface area contributed by atoms with E-state index in [0.717, 1.165) is 3.70 Å². The first-order valence-corrected chi connectivity index (χ1v) is 4.18. The molecule has 1 aromatic heterocycles. The highest BCUT2D eigenvalue weighted by atomic mass is 127. The lowest BCUT2D eigenvalue weighted by molar-refractivity contribution is 0.154. The number of imidazole rings is 1. The molecule has 0 aromatic carbocycles. The molecule has 0 amide bonds. The van der Waals surface area contributed by atoms with Crippen molar-refractivity contribution >= 4 is 28.7 Å². The average Bonchev–Trinajstić information content (AvgIpc) is 2.36. The summed E-state index contributed by atoms with van der Waals surface area (Å²) in [5.41, 5.74) is 0. The van der Waals surface area contributed by atoms with Crippen molar-refractivity contribution in [3.63, 3.8) is 0 Å². The number of hydrogen-bond acceptors (Lipinski definition) is 3. The first-order chi connectivity index (χ1) is 5.24. The Balaban J connectivity index is 2.69. The Hall–Kier alpha value is -0.590. The monoisotopic (exact) mass is 266 g/mol. The van der Waals surface area contributed by atoms with E-state index in [4.69, 9.17) is 4.74 Å². The summed E-state index contributed by atoms with van der Waals surface area (Å²) in [6.07, 6.45) is 2.65. The molecule has 1 rings (SSSR count). The Morgan fingerprint density at radius 3 is 3.09 bits per heavy atom.